The highest BCUT2D eigenvalue weighted by atomic mass is 16.7. The van der Waals surface area contributed by atoms with Crippen LogP contribution in [0, 0.1) is 0 Å². The number of carbonyl (C=O) groups is 1. The van der Waals surface area contributed by atoms with Crippen LogP contribution >= 0.6 is 0 Å². The summed E-state index contributed by atoms with van der Waals surface area (Å²) in [6.45, 7) is 1.27. The molecule has 112 valence electrons. The van der Waals surface area contributed by atoms with E-state index in [0.29, 0.717) is 0 Å². The SMILES string of the molecule is COC1OC(C)C(NC(=O)C(O)CCO)C(O)C1O. The third-order valence-corrected chi connectivity index (χ3v) is 3.10. The van der Waals surface area contributed by atoms with Gasteiger partial charge in [-0.3, -0.25) is 4.79 Å². The average Bonchev–Trinajstić information content (AvgIpc) is 2.38. The first-order valence-electron chi connectivity index (χ1n) is 6.06. The highest BCUT2D eigenvalue weighted by molar-refractivity contribution is 5.80. The topological polar surface area (TPSA) is 128 Å². The predicted octanol–water partition coefficient (Wildman–Crippen LogP) is -2.67. The van der Waals surface area contributed by atoms with Gasteiger partial charge in [-0.1, -0.05) is 0 Å². The van der Waals surface area contributed by atoms with Gasteiger partial charge in [-0.25, -0.2) is 0 Å². The molecule has 1 amide bonds. The van der Waals surface area contributed by atoms with Crippen LogP contribution in [0.1, 0.15) is 13.3 Å². The van der Waals surface area contributed by atoms with E-state index in [1.165, 1.54) is 7.11 Å². The molecule has 1 aliphatic rings. The second-order valence-corrected chi connectivity index (χ2v) is 4.49. The Morgan fingerprint density at radius 2 is 2.05 bits per heavy atom. The molecule has 1 aliphatic heterocycles. The molecule has 19 heavy (non-hydrogen) atoms. The molecule has 0 aromatic rings. The third kappa shape index (κ3) is 3.85. The van der Waals surface area contributed by atoms with Crippen molar-refractivity contribution in [3.8, 4) is 0 Å². The molecule has 0 saturated carbocycles. The van der Waals surface area contributed by atoms with Crippen LogP contribution in [-0.2, 0) is 14.3 Å². The van der Waals surface area contributed by atoms with Gasteiger partial charge in [-0.05, 0) is 6.92 Å². The van der Waals surface area contributed by atoms with Gasteiger partial charge in [0.2, 0.25) is 5.91 Å². The molecule has 1 saturated heterocycles. The minimum Gasteiger partial charge on any atom is -0.396 e. The molecule has 0 aliphatic carbocycles. The molecule has 0 aromatic heterocycles. The van der Waals surface area contributed by atoms with Gasteiger partial charge in [0.25, 0.3) is 0 Å². The number of hydrogen-bond donors (Lipinski definition) is 5. The highest BCUT2D eigenvalue weighted by Gasteiger charge is 2.43. The first-order chi connectivity index (χ1) is 8.92. The monoisotopic (exact) mass is 279 g/mol. The summed E-state index contributed by atoms with van der Waals surface area (Å²) in [7, 11) is 1.33. The van der Waals surface area contributed by atoms with Crippen molar-refractivity contribution in [1.29, 1.82) is 0 Å². The van der Waals surface area contributed by atoms with Crippen molar-refractivity contribution < 1.29 is 34.7 Å². The summed E-state index contributed by atoms with van der Waals surface area (Å²) in [5, 5.41) is 40.1. The van der Waals surface area contributed by atoms with Crippen molar-refractivity contribution in [2.45, 2.75) is 50.1 Å². The van der Waals surface area contributed by atoms with Gasteiger partial charge in [0.1, 0.15) is 18.3 Å². The van der Waals surface area contributed by atoms with Crippen molar-refractivity contribution in [2.75, 3.05) is 13.7 Å². The van der Waals surface area contributed by atoms with Gasteiger partial charge < -0.3 is 35.2 Å². The Kier molecular flexibility index (Phi) is 6.11. The maximum Gasteiger partial charge on any atom is 0.249 e. The molecule has 5 N–H and O–H groups in total. The van der Waals surface area contributed by atoms with E-state index in [1.807, 2.05) is 0 Å². The van der Waals surface area contributed by atoms with Gasteiger partial charge in [0.15, 0.2) is 6.29 Å². The van der Waals surface area contributed by atoms with Gasteiger partial charge in [-0.15, -0.1) is 0 Å². The van der Waals surface area contributed by atoms with Gasteiger partial charge in [0.05, 0.1) is 12.1 Å². The Labute approximate surface area is 110 Å². The van der Waals surface area contributed by atoms with Crippen LogP contribution < -0.4 is 5.32 Å². The number of carbonyl (C=O) groups excluding carboxylic acids is 1. The summed E-state index contributed by atoms with van der Waals surface area (Å²) in [5.74, 6) is -0.739. The Bertz CT molecular complexity index is 301. The van der Waals surface area contributed by atoms with Crippen molar-refractivity contribution in [1.82, 2.24) is 5.32 Å². The number of rotatable bonds is 5. The zero-order chi connectivity index (χ0) is 14.6. The number of ether oxygens (including phenoxy) is 2. The average molecular weight is 279 g/mol. The highest BCUT2D eigenvalue weighted by Crippen LogP contribution is 2.21. The Balaban J connectivity index is 2.64. The lowest BCUT2D eigenvalue weighted by Gasteiger charge is -2.41. The van der Waals surface area contributed by atoms with E-state index in [4.69, 9.17) is 14.6 Å². The number of amides is 1. The standard InChI is InChI=1S/C11H21NO7/c1-5-7(12-10(17)6(14)3-4-13)8(15)9(16)11(18-2)19-5/h5-9,11,13-16H,3-4H2,1-2H3,(H,12,17). The fourth-order valence-electron chi connectivity index (χ4n) is 1.94. The zero-order valence-corrected chi connectivity index (χ0v) is 10.9. The minimum atomic E-state index is -1.37. The normalized spacial score (nSPS) is 36.8. The summed E-state index contributed by atoms with van der Waals surface area (Å²) >= 11 is 0. The third-order valence-electron chi connectivity index (χ3n) is 3.10. The molecule has 8 heteroatoms. The smallest absolute Gasteiger partial charge is 0.249 e. The maximum atomic E-state index is 11.6. The molecule has 1 fully saturated rings. The first-order valence-corrected chi connectivity index (χ1v) is 6.06. The van der Waals surface area contributed by atoms with Crippen molar-refractivity contribution in [2.24, 2.45) is 0 Å². The fourth-order valence-corrected chi connectivity index (χ4v) is 1.94. The summed E-state index contributed by atoms with van der Waals surface area (Å²) in [6, 6.07) is -0.873. The van der Waals surface area contributed by atoms with E-state index in [2.05, 4.69) is 5.32 Å². The molecular weight excluding hydrogens is 258 g/mol. The quantitative estimate of drug-likeness (QED) is 0.371. The fraction of sp³-hybridized carbons (Fsp3) is 0.909. The number of aliphatic hydroxyl groups is 4. The Morgan fingerprint density at radius 1 is 1.42 bits per heavy atom. The molecule has 1 rings (SSSR count). The Morgan fingerprint density at radius 3 is 2.58 bits per heavy atom. The first kappa shape index (κ1) is 16.3. The lowest BCUT2D eigenvalue weighted by Crippen LogP contribution is -2.63. The van der Waals surface area contributed by atoms with E-state index in [-0.39, 0.29) is 13.0 Å². The van der Waals surface area contributed by atoms with Crippen LogP contribution in [0.5, 0.6) is 0 Å². The molecule has 0 spiro atoms. The van der Waals surface area contributed by atoms with Crippen LogP contribution in [0.25, 0.3) is 0 Å². The number of nitrogens with one attached hydrogen (secondary N) is 1. The number of hydrogen-bond acceptors (Lipinski definition) is 7. The molecule has 6 unspecified atom stereocenters. The Hall–Kier alpha value is -0.770. The van der Waals surface area contributed by atoms with Gasteiger partial charge >= 0.3 is 0 Å². The lowest BCUT2D eigenvalue weighted by atomic mass is 9.96. The second kappa shape index (κ2) is 7.13. The molecule has 8 nitrogen and oxygen atoms in total. The predicted molar refractivity (Wildman–Crippen MR) is 63.0 cm³/mol. The number of methoxy groups -OCH3 is 1. The number of aliphatic hydroxyl groups excluding tert-OH is 4. The van der Waals surface area contributed by atoms with E-state index in [9.17, 15) is 20.1 Å². The van der Waals surface area contributed by atoms with Crippen molar-refractivity contribution in [3.05, 3.63) is 0 Å². The summed E-state index contributed by atoms with van der Waals surface area (Å²) in [6.07, 6.45) is -5.64. The van der Waals surface area contributed by atoms with Gasteiger partial charge in [-0.2, -0.15) is 0 Å². The van der Waals surface area contributed by atoms with E-state index < -0.39 is 42.7 Å². The molecule has 0 aromatic carbocycles. The van der Waals surface area contributed by atoms with E-state index in [1.54, 1.807) is 6.92 Å². The second-order valence-electron chi connectivity index (χ2n) is 4.49. The van der Waals surface area contributed by atoms with Gasteiger partial charge in [0, 0.05) is 20.1 Å². The van der Waals surface area contributed by atoms with Crippen molar-refractivity contribution in [3.63, 3.8) is 0 Å². The van der Waals surface area contributed by atoms with Crippen LogP contribution in [0.2, 0.25) is 0 Å². The largest absolute Gasteiger partial charge is 0.396 e. The van der Waals surface area contributed by atoms with Crippen LogP contribution in [-0.4, -0.2) is 76.8 Å². The van der Waals surface area contributed by atoms with Crippen LogP contribution in [0.4, 0.5) is 0 Å². The summed E-state index contributed by atoms with van der Waals surface area (Å²) in [4.78, 5) is 11.6. The van der Waals surface area contributed by atoms with Crippen LogP contribution in [0.15, 0.2) is 0 Å². The van der Waals surface area contributed by atoms with E-state index in [0.717, 1.165) is 0 Å². The molecule has 1 heterocycles. The maximum absolute atomic E-state index is 11.6. The zero-order valence-electron chi connectivity index (χ0n) is 10.9. The minimum absolute atomic E-state index is 0.104. The van der Waals surface area contributed by atoms with Crippen molar-refractivity contribution >= 4 is 5.91 Å². The molecule has 6 atom stereocenters. The summed E-state index contributed by atoms with van der Waals surface area (Å²) in [5.41, 5.74) is 0. The molecular formula is C11H21NO7. The molecule has 0 radical (unpaired) electrons. The molecule has 0 bridgehead atoms. The lowest BCUT2D eigenvalue weighted by molar-refractivity contribution is -0.263. The van der Waals surface area contributed by atoms with E-state index >= 15 is 0 Å². The van der Waals surface area contributed by atoms with Crippen LogP contribution in [0.3, 0.4) is 0 Å². The summed E-state index contributed by atoms with van der Waals surface area (Å²) < 4.78 is 10.1.